The van der Waals surface area contributed by atoms with Crippen LogP contribution in [0.3, 0.4) is 0 Å². The third-order valence-corrected chi connectivity index (χ3v) is 6.77. The van der Waals surface area contributed by atoms with Crippen molar-refractivity contribution in [1.82, 2.24) is 4.90 Å². The quantitative estimate of drug-likeness (QED) is 0.383. The van der Waals surface area contributed by atoms with Gasteiger partial charge in [-0.25, -0.2) is 4.39 Å². The number of rotatable bonds is 10. The number of benzene rings is 2. The molecule has 1 amide bonds. The Kier molecular flexibility index (Phi) is 9.06. The van der Waals surface area contributed by atoms with Crippen molar-refractivity contribution in [2.45, 2.75) is 78.3 Å². The maximum absolute atomic E-state index is 13.1. The Morgan fingerprint density at radius 2 is 1.61 bits per heavy atom. The zero-order valence-electron chi connectivity index (χ0n) is 20.5. The van der Waals surface area contributed by atoms with E-state index >= 15 is 0 Å². The molecule has 0 aliphatic heterocycles. The smallest absolute Gasteiger partial charge is 0.339 e. The third-order valence-electron chi connectivity index (χ3n) is 5.51. The van der Waals surface area contributed by atoms with Crippen LogP contribution < -0.4 is 4.18 Å². The molecule has 0 bridgehead atoms. The van der Waals surface area contributed by atoms with Crippen molar-refractivity contribution in [3.8, 4) is 5.75 Å². The summed E-state index contributed by atoms with van der Waals surface area (Å²) in [5.41, 5.74) is 1.06. The Morgan fingerprint density at radius 1 is 1.03 bits per heavy atom. The number of carbonyl (C=O) groups excluding carboxylic acids is 1. The summed E-state index contributed by atoms with van der Waals surface area (Å²) in [6.07, 6.45) is 2.32. The van der Waals surface area contributed by atoms with Crippen LogP contribution in [0, 0.1) is 17.2 Å². The van der Waals surface area contributed by atoms with Gasteiger partial charge in [-0.05, 0) is 73.1 Å². The molecular weight excluding hydrogens is 441 g/mol. The molecule has 0 radical (unpaired) electrons. The number of hydrogen-bond donors (Lipinski definition) is 0. The zero-order chi connectivity index (χ0) is 24.8. The highest BCUT2D eigenvalue weighted by Crippen LogP contribution is 2.27. The average Bonchev–Trinajstić information content (AvgIpc) is 2.71. The molecule has 2 aromatic carbocycles. The summed E-state index contributed by atoms with van der Waals surface area (Å²) in [5, 5.41) is 0. The standard InChI is InChI=1S/C26H36FNO4S/c1-7-20(3)28(25(29)16-19(2)17-26(4,5)6)18-21-8-12-23(13-9-21)32-33(30,31)24-14-10-22(27)11-15-24/h8-15,19-20H,7,16-18H2,1-6H3. The van der Waals surface area contributed by atoms with Crippen molar-refractivity contribution in [3.05, 3.63) is 59.9 Å². The van der Waals surface area contributed by atoms with E-state index in [0.29, 0.717) is 13.0 Å². The second kappa shape index (κ2) is 11.1. The van der Waals surface area contributed by atoms with Gasteiger partial charge in [0.1, 0.15) is 16.5 Å². The van der Waals surface area contributed by atoms with Crippen LogP contribution >= 0.6 is 0 Å². The van der Waals surface area contributed by atoms with E-state index in [1.54, 1.807) is 24.3 Å². The van der Waals surface area contributed by atoms with Crippen LogP contribution in [0.15, 0.2) is 53.4 Å². The molecule has 0 aliphatic carbocycles. The van der Waals surface area contributed by atoms with Crippen molar-refractivity contribution in [3.63, 3.8) is 0 Å². The zero-order valence-corrected chi connectivity index (χ0v) is 21.3. The van der Waals surface area contributed by atoms with E-state index in [2.05, 4.69) is 34.6 Å². The third kappa shape index (κ3) is 8.46. The lowest BCUT2D eigenvalue weighted by molar-refractivity contribution is -0.135. The van der Waals surface area contributed by atoms with E-state index in [1.165, 1.54) is 0 Å². The number of nitrogens with zero attached hydrogens (tertiary/aromatic N) is 1. The molecule has 0 saturated carbocycles. The summed E-state index contributed by atoms with van der Waals surface area (Å²) in [6.45, 7) is 13.2. The molecule has 182 valence electrons. The molecule has 0 saturated heterocycles. The Balaban J connectivity index is 2.09. The molecular formula is C26H36FNO4S. The predicted octanol–water partition coefficient (Wildman–Crippen LogP) is 6.18. The van der Waals surface area contributed by atoms with E-state index in [1.807, 2.05) is 11.8 Å². The molecule has 0 aromatic heterocycles. The van der Waals surface area contributed by atoms with E-state index in [0.717, 1.165) is 42.7 Å². The summed E-state index contributed by atoms with van der Waals surface area (Å²) in [4.78, 5) is 14.8. The van der Waals surface area contributed by atoms with Crippen LogP contribution in [0.1, 0.15) is 66.4 Å². The van der Waals surface area contributed by atoms with Gasteiger partial charge in [-0.2, -0.15) is 8.42 Å². The molecule has 2 aromatic rings. The van der Waals surface area contributed by atoms with Gasteiger partial charge in [-0.1, -0.05) is 46.8 Å². The van der Waals surface area contributed by atoms with Gasteiger partial charge in [0.05, 0.1) is 0 Å². The summed E-state index contributed by atoms with van der Waals surface area (Å²) in [5.74, 6) is 0.0478. The Hall–Kier alpha value is -2.41. The Morgan fingerprint density at radius 3 is 2.12 bits per heavy atom. The predicted molar refractivity (Wildman–Crippen MR) is 129 cm³/mol. The van der Waals surface area contributed by atoms with Gasteiger partial charge >= 0.3 is 10.1 Å². The molecule has 33 heavy (non-hydrogen) atoms. The Labute approximate surface area is 198 Å². The van der Waals surface area contributed by atoms with E-state index in [-0.39, 0.29) is 33.9 Å². The highest BCUT2D eigenvalue weighted by atomic mass is 32.2. The number of hydrogen-bond acceptors (Lipinski definition) is 4. The maximum Gasteiger partial charge on any atom is 0.339 e. The molecule has 0 N–H and O–H groups in total. The number of halogens is 1. The lowest BCUT2D eigenvalue weighted by Crippen LogP contribution is -2.38. The van der Waals surface area contributed by atoms with Crippen molar-refractivity contribution < 1.29 is 21.8 Å². The lowest BCUT2D eigenvalue weighted by Gasteiger charge is -2.31. The highest BCUT2D eigenvalue weighted by molar-refractivity contribution is 7.87. The first-order valence-corrected chi connectivity index (χ1v) is 12.8. The van der Waals surface area contributed by atoms with E-state index in [4.69, 9.17) is 4.18 Å². The van der Waals surface area contributed by atoms with Gasteiger partial charge in [0.25, 0.3) is 0 Å². The molecule has 2 rings (SSSR count). The first-order chi connectivity index (χ1) is 15.3. The van der Waals surface area contributed by atoms with Crippen molar-refractivity contribution in [1.29, 1.82) is 0 Å². The van der Waals surface area contributed by atoms with Gasteiger partial charge in [0, 0.05) is 19.0 Å². The minimum Gasteiger partial charge on any atom is -0.379 e. The summed E-state index contributed by atoms with van der Waals surface area (Å²) < 4.78 is 43.0. The second-order valence-corrected chi connectivity index (χ2v) is 11.5. The summed E-state index contributed by atoms with van der Waals surface area (Å²) in [7, 11) is -4.06. The molecule has 2 unspecified atom stereocenters. The first kappa shape index (κ1) is 26.8. The number of carbonyl (C=O) groups is 1. The highest BCUT2D eigenvalue weighted by Gasteiger charge is 2.24. The average molecular weight is 478 g/mol. The van der Waals surface area contributed by atoms with Crippen LogP contribution in [0.25, 0.3) is 0 Å². The fraction of sp³-hybridized carbons (Fsp3) is 0.500. The monoisotopic (exact) mass is 477 g/mol. The van der Waals surface area contributed by atoms with Crippen LogP contribution in [0.4, 0.5) is 4.39 Å². The topological polar surface area (TPSA) is 63.7 Å². The molecule has 0 aliphatic rings. The fourth-order valence-electron chi connectivity index (χ4n) is 3.87. The van der Waals surface area contributed by atoms with Crippen LogP contribution in [0.2, 0.25) is 0 Å². The van der Waals surface area contributed by atoms with Crippen molar-refractivity contribution in [2.75, 3.05) is 0 Å². The van der Waals surface area contributed by atoms with E-state index < -0.39 is 15.9 Å². The largest absolute Gasteiger partial charge is 0.379 e. The minimum absolute atomic E-state index is 0.0918. The van der Waals surface area contributed by atoms with Gasteiger partial charge in [-0.15, -0.1) is 0 Å². The van der Waals surface area contributed by atoms with Crippen LogP contribution in [-0.4, -0.2) is 25.3 Å². The molecule has 0 heterocycles. The SMILES string of the molecule is CCC(C)N(Cc1ccc(OS(=O)(=O)c2ccc(F)cc2)cc1)C(=O)CC(C)CC(C)(C)C. The van der Waals surface area contributed by atoms with Crippen molar-refractivity contribution >= 4 is 16.0 Å². The molecule has 7 heteroatoms. The lowest BCUT2D eigenvalue weighted by atomic mass is 9.84. The summed E-state index contributed by atoms with van der Waals surface area (Å²) >= 11 is 0. The minimum atomic E-state index is -4.06. The summed E-state index contributed by atoms with van der Waals surface area (Å²) in [6, 6.07) is 11.2. The molecule has 0 spiro atoms. The second-order valence-electron chi connectivity index (χ2n) is 9.99. The first-order valence-electron chi connectivity index (χ1n) is 11.4. The normalized spacial score (nSPS) is 13.9. The van der Waals surface area contributed by atoms with Crippen molar-refractivity contribution in [2.24, 2.45) is 11.3 Å². The van der Waals surface area contributed by atoms with Gasteiger partial charge in [0.15, 0.2) is 0 Å². The van der Waals surface area contributed by atoms with Gasteiger partial charge < -0.3 is 9.08 Å². The van der Waals surface area contributed by atoms with Gasteiger partial charge in [-0.3, -0.25) is 4.79 Å². The Bertz CT molecular complexity index is 1010. The maximum atomic E-state index is 13.1. The molecule has 5 nitrogen and oxygen atoms in total. The van der Waals surface area contributed by atoms with Crippen LogP contribution in [-0.2, 0) is 21.5 Å². The van der Waals surface area contributed by atoms with Crippen LogP contribution in [0.5, 0.6) is 5.75 Å². The van der Waals surface area contributed by atoms with Gasteiger partial charge in [0.2, 0.25) is 5.91 Å². The van der Waals surface area contributed by atoms with E-state index in [9.17, 15) is 17.6 Å². The fourth-order valence-corrected chi connectivity index (χ4v) is 4.80. The molecule has 0 fully saturated rings. The number of amides is 1. The molecule has 2 atom stereocenters.